The molecule has 0 aliphatic carbocycles. The molecule has 1 aromatic carbocycles. The van der Waals surface area contributed by atoms with Gasteiger partial charge < -0.3 is 15.0 Å². The summed E-state index contributed by atoms with van der Waals surface area (Å²) in [7, 11) is -4.34. The molecule has 2 aliphatic rings. The van der Waals surface area contributed by atoms with Gasteiger partial charge in [0.25, 0.3) is 0 Å². The molecule has 0 saturated carbocycles. The maximum absolute atomic E-state index is 13.0. The second-order valence-corrected chi connectivity index (χ2v) is 9.40. The van der Waals surface area contributed by atoms with Crippen molar-refractivity contribution >= 4 is 28.3 Å². The van der Waals surface area contributed by atoms with E-state index in [0.717, 1.165) is 12.8 Å². The van der Waals surface area contributed by atoms with Gasteiger partial charge in [-0.15, -0.1) is 0 Å². The molecule has 2 N–H and O–H groups in total. The molecular weight excluding hydrogens is 327 g/mol. The van der Waals surface area contributed by atoms with E-state index in [1.807, 2.05) is 27.7 Å². The summed E-state index contributed by atoms with van der Waals surface area (Å²) in [4.78, 5) is 0.183. The van der Waals surface area contributed by atoms with Gasteiger partial charge in [-0.25, -0.2) is 8.42 Å². The lowest BCUT2D eigenvalue weighted by Crippen LogP contribution is -2.41. The van der Waals surface area contributed by atoms with Gasteiger partial charge in [-0.2, -0.15) is 4.31 Å². The third-order valence-corrected chi connectivity index (χ3v) is 7.18. The molecule has 0 aromatic heterocycles. The number of anilines is 1. The van der Waals surface area contributed by atoms with Crippen molar-refractivity contribution in [3.63, 3.8) is 0 Å². The molecule has 132 valence electrons. The molecule has 3 rings (SSSR count). The average Bonchev–Trinajstić information content (AvgIpc) is 3.06. The Hall–Kier alpha value is -1.09. The second-order valence-electron chi connectivity index (χ2n) is 7.50. The first-order valence-corrected chi connectivity index (χ1v) is 9.74. The number of sulfonamides is 1. The average molecular weight is 352 g/mol. The summed E-state index contributed by atoms with van der Waals surface area (Å²) < 4.78 is 39.7. The van der Waals surface area contributed by atoms with E-state index in [1.165, 1.54) is 10.4 Å². The summed E-state index contributed by atoms with van der Waals surface area (Å²) in [5.41, 5.74) is 5.71. The van der Waals surface area contributed by atoms with E-state index in [-0.39, 0.29) is 4.90 Å². The molecule has 2 fully saturated rings. The highest BCUT2D eigenvalue weighted by Crippen LogP contribution is 2.37. The van der Waals surface area contributed by atoms with Gasteiger partial charge in [0.05, 0.1) is 16.1 Å². The van der Waals surface area contributed by atoms with E-state index in [1.54, 1.807) is 12.1 Å². The highest BCUT2D eigenvalue weighted by molar-refractivity contribution is 7.89. The zero-order valence-corrected chi connectivity index (χ0v) is 15.5. The summed E-state index contributed by atoms with van der Waals surface area (Å²) in [6.07, 6.45) is 1.76. The first-order valence-electron chi connectivity index (χ1n) is 8.30. The van der Waals surface area contributed by atoms with Crippen molar-refractivity contribution in [1.82, 2.24) is 4.31 Å². The second kappa shape index (κ2) is 5.73. The minimum atomic E-state index is -3.61. The highest BCUT2D eigenvalue weighted by atomic mass is 32.2. The molecule has 2 aliphatic heterocycles. The van der Waals surface area contributed by atoms with E-state index < -0.39 is 28.3 Å². The molecule has 0 bridgehead atoms. The summed E-state index contributed by atoms with van der Waals surface area (Å²) in [6.45, 7) is 8.86. The lowest BCUT2D eigenvalue weighted by molar-refractivity contribution is 0.00578. The van der Waals surface area contributed by atoms with Gasteiger partial charge in [-0.3, -0.25) is 0 Å². The largest absolute Gasteiger partial charge is 0.496 e. The molecule has 1 aromatic rings. The van der Waals surface area contributed by atoms with Crippen LogP contribution >= 0.6 is 0 Å². The van der Waals surface area contributed by atoms with Crippen molar-refractivity contribution in [3.05, 3.63) is 18.2 Å². The standard InChI is InChI=1S/C16H25BN2O4S/c1-15(2)16(3,4)23-17(22-15)13-8-7-12(18)11-14(13)24(20,21)19-9-5-6-10-19/h7-8,11H,5-6,9-10,18H2,1-4H3. The Kier molecular flexibility index (Phi) is 4.23. The summed E-state index contributed by atoms with van der Waals surface area (Å²) in [6, 6.07) is 4.89. The van der Waals surface area contributed by atoms with Gasteiger partial charge in [-0.05, 0) is 52.7 Å². The first-order chi connectivity index (χ1) is 11.0. The normalized spacial score (nSPS) is 23.8. The third-order valence-electron chi connectivity index (χ3n) is 5.23. The van der Waals surface area contributed by atoms with Crippen molar-refractivity contribution in [2.45, 2.75) is 56.6 Å². The van der Waals surface area contributed by atoms with Crippen LogP contribution in [0.5, 0.6) is 0 Å². The van der Waals surface area contributed by atoms with Gasteiger partial charge in [0.2, 0.25) is 10.0 Å². The predicted molar refractivity (Wildman–Crippen MR) is 94.6 cm³/mol. The molecule has 2 saturated heterocycles. The molecule has 2 heterocycles. The molecule has 6 nitrogen and oxygen atoms in total. The minimum absolute atomic E-state index is 0.183. The van der Waals surface area contributed by atoms with Crippen molar-refractivity contribution in [3.8, 4) is 0 Å². The fourth-order valence-electron chi connectivity index (χ4n) is 3.01. The van der Waals surface area contributed by atoms with E-state index in [2.05, 4.69) is 0 Å². The predicted octanol–water partition coefficient (Wildman–Crippen LogP) is 1.35. The Labute approximate surface area is 144 Å². The van der Waals surface area contributed by atoms with Crippen molar-refractivity contribution in [2.24, 2.45) is 0 Å². The van der Waals surface area contributed by atoms with Crippen LogP contribution in [0.4, 0.5) is 5.69 Å². The summed E-state index contributed by atoms with van der Waals surface area (Å²) in [5.74, 6) is 0. The van der Waals surface area contributed by atoms with Crippen LogP contribution in [-0.2, 0) is 19.3 Å². The number of nitrogens with zero attached hydrogens (tertiary/aromatic N) is 1. The van der Waals surface area contributed by atoms with Gasteiger partial charge in [0, 0.05) is 24.2 Å². The van der Waals surface area contributed by atoms with Crippen molar-refractivity contribution < 1.29 is 17.7 Å². The Balaban J connectivity index is 2.05. The topological polar surface area (TPSA) is 81.9 Å². The molecule has 8 heteroatoms. The van der Waals surface area contributed by atoms with E-state index in [9.17, 15) is 8.42 Å². The Morgan fingerprint density at radius 1 is 1.08 bits per heavy atom. The van der Waals surface area contributed by atoms with Crippen LogP contribution in [0.1, 0.15) is 40.5 Å². The third kappa shape index (κ3) is 2.85. The van der Waals surface area contributed by atoms with E-state index in [0.29, 0.717) is 24.2 Å². The molecule has 0 unspecified atom stereocenters. The van der Waals surface area contributed by atoms with Gasteiger partial charge in [0.15, 0.2) is 0 Å². The van der Waals surface area contributed by atoms with Crippen molar-refractivity contribution in [1.29, 1.82) is 0 Å². The molecule has 0 amide bonds. The van der Waals surface area contributed by atoms with Crippen LogP contribution in [0.3, 0.4) is 0 Å². The van der Waals surface area contributed by atoms with Crippen LogP contribution in [0.2, 0.25) is 0 Å². The molecular formula is C16H25BN2O4S. The maximum Gasteiger partial charge on any atom is 0.496 e. The Morgan fingerprint density at radius 3 is 2.17 bits per heavy atom. The van der Waals surface area contributed by atoms with Crippen LogP contribution < -0.4 is 11.2 Å². The Bertz CT molecular complexity index is 726. The molecule has 24 heavy (non-hydrogen) atoms. The van der Waals surface area contributed by atoms with Crippen LogP contribution in [-0.4, -0.2) is 44.1 Å². The maximum atomic E-state index is 13.0. The lowest BCUT2D eigenvalue weighted by Gasteiger charge is -2.32. The van der Waals surface area contributed by atoms with E-state index >= 15 is 0 Å². The highest BCUT2D eigenvalue weighted by Gasteiger charge is 2.53. The zero-order valence-electron chi connectivity index (χ0n) is 14.7. The number of nitrogens with two attached hydrogens (primary N) is 1. The number of rotatable bonds is 3. The lowest BCUT2D eigenvalue weighted by atomic mass is 9.79. The monoisotopic (exact) mass is 352 g/mol. The number of hydrogen-bond donors (Lipinski definition) is 1. The summed E-state index contributed by atoms with van der Waals surface area (Å²) >= 11 is 0. The zero-order chi connectivity index (χ0) is 17.8. The SMILES string of the molecule is CC1(C)OB(c2ccc(N)cc2S(=O)(=O)N2CCCC2)OC1(C)C. The van der Waals surface area contributed by atoms with Crippen LogP contribution in [0.25, 0.3) is 0 Å². The quantitative estimate of drug-likeness (QED) is 0.656. The smallest absolute Gasteiger partial charge is 0.399 e. The number of benzene rings is 1. The van der Waals surface area contributed by atoms with Gasteiger partial charge >= 0.3 is 7.12 Å². The van der Waals surface area contributed by atoms with Crippen molar-refractivity contribution in [2.75, 3.05) is 18.8 Å². The molecule has 0 atom stereocenters. The minimum Gasteiger partial charge on any atom is -0.399 e. The van der Waals surface area contributed by atoms with Gasteiger partial charge in [-0.1, -0.05) is 6.07 Å². The van der Waals surface area contributed by atoms with Gasteiger partial charge in [0.1, 0.15) is 0 Å². The fraction of sp³-hybridized carbons (Fsp3) is 0.625. The number of hydrogen-bond acceptors (Lipinski definition) is 5. The van der Waals surface area contributed by atoms with E-state index in [4.69, 9.17) is 15.0 Å². The molecule has 0 spiro atoms. The summed E-state index contributed by atoms with van der Waals surface area (Å²) in [5, 5.41) is 0. The Morgan fingerprint density at radius 2 is 1.62 bits per heavy atom. The first kappa shape index (κ1) is 17.7. The molecule has 0 radical (unpaired) electrons. The van der Waals surface area contributed by atoms with Crippen LogP contribution in [0.15, 0.2) is 23.1 Å². The van der Waals surface area contributed by atoms with Crippen LogP contribution in [0, 0.1) is 0 Å². The fourth-order valence-corrected chi connectivity index (χ4v) is 4.77. The number of nitrogen functional groups attached to an aromatic ring is 1.